The lowest BCUT2D eigenvalue weighted by molar-refractivity contribution is -0.432. The number of nitrogens with two attached hydrogens (primary N) is 1. The summed E-state index contributed by atoms with van der Waals surface area (Å²) in [6, 6.07) is 7.82. The van der Waals surface area contributed by atoms with Crippen molar-refractivity contribution in [1.29, 1.82) is 0 Å². The molecule has 0 heterocycles. The molecule has 0 aliphatic heterocycles. The van der Waals surface area contributed by atoms with Gasteiger partial charge in [0.2, 0.25) is 0 Å². The Hall–Kier alpha value is -3.46. The topological polar surface area (TPSA) is 153 Å². The van der Waals surface area contributed by atoms with E-state index >= 15 is 0 Å². The van der Waals surface area contributed by atoms with E-state index < -0.39 is 28.0 Å². The average Bonchev–Trinajstić information content (AvgIpc) is 2.71. The van der Waals surface area contributed by atoms with Crippen molar-refractivity contribution in [3.63, 3.8) is 0 Å². The van der Waals surface area contributed by atoms with Crippen LogP contribution in [0.2, 0.25) is 0 Å². The van der Waals surface area contributed by atoms with Gasteiger partial charge >= 0.3 is 6.18 Å². The number of nitrogen functional groups attached to an aromatic ring is 1. The lowest BCUT2D eigenvalue weighted by atomic mass is 10.1. The molecule has 0 aliphatic carbocycles. The number of benzene rings is 3. The molecule has 0 spiro atoms. The number of rotatable bonds is 6. The molecule has 4 N–H and O–H groups in total. The van der Waals surface area contributed by atoms with Gasteiger partial charge in [0.15, 0.2) is 0 Å². The molecule has 14 heteroatoms. The van der Waals surface area contributed by atoms with E-state index in [-0.39, 0.29) is 27.4 Å². The molecule has 3 rings (SSSR count). The quantitative estimate of drug-likeness (QED) is 0.103. The van der Waals surface area contributed by atoms with Crippen LogP contribution in [-0.4, -0.2) is 15.3 Å². The fourth-order valence-electron chi connectivity index (χ4n) is 2.69. The number of nitro benzene ring substituents is 1. The molecular formula is C17H11F3N4O6S. The first kappa shape index (κ1) is 22.2. The summed E-state index contributed by atoms with van der Waals surface area (Å²) in [5.41, 5.74) is 2.82. The van der Waals surface area contributed by atoms with Gasteiger partial charge in [-0.25, -0.2) is 5.26 Å². The van der Waals surface area contributed by atoms with Crippen LogP contribution in [0.5, 0.6) is 5.75 Å². The molecule has 0 fully saturated rings. The number of anilines is 1. The third-order valence-electron chi connectivity index (χ3n) is 4.03. The smallest absolute Gasteiger partial charge is 0.418 e. The number of halogens is 3. The highest BCUT2D eigenvalue weighted by molar-refractivity contribution is 7.94. The van der Waals surface area contributed by atoms with Crippen LogP contribution in [0.1, 0.15) is 5.56 Å². The van der Waals surface area contributed by atoms with Crippen molar-refractivity contribution in [3.05, 3.63) is 58.1 Å². The van der Waals surface area contributed by atoms with Crippen molar-refractivity contribution < 1.29 is 37.8 Å². The molecule has 0 aliphatic rings. The summed E-state index contributed by atoms with van der Waals surface area (Å²) in [5, 5.41) is 40.7. The number of phenolic OH excluding ortho intramolecular Hbond substituents is 1. The van der Waals surface area contributed by atoms with E-state index in [1.54, 1.807) is 6.07 Å². The second kappa shape index (κ2) is 8.73. The number of alkyl halides is 3. The summed E-state index contributed by atoms with van der Waals surface area (Å²) in [5.74, 6) is -0.270. The first-order valence-electron chi connectivity index (χ1n) is 8.09. The van der Waals surface area contributed by atoms with Gasteiger partial charge in [-0.05, 0) is 23.6 Å². The normalized spacial score (nSPS) is 12.0. The average molecular weight is 456 g/mol. The molecule has 0 saturated carbocycles. The molecule has 0 amide bonds. The van der Waals surface area contributed by atoms with Crippen LogP contribution in [0.4, 0.5) is 35.9 Å². The number of nitrogens with zero attached hydrogens (tertiary/aromatic N) is 3. The number of hydrogen-bond donors (Lipinski definition) is 3. The fraction of sp³-hybridized carbons (Fsp3) is 0.0588. The van der Waals surface area contributed by atoms with Gasteiger partial charge in [-0.3, -0.25) is 10.1 Å². The van der Waals surface area contributed by atoms with E-state index in [1.807, 2.05) is 0 Å². The molecule has 3 aromatic carbocycles. The molecule has 0 aromatic heterocycles. The minimum atomic E-state index is -4.94. The number of non-ortho nitro benzene ring substituents is 1. The van der Waals surface area contributed by atoms with Gasteiger partial charge in [0.1, 0.15) is 11.4 Å². The fourth-order valence-corrected chi connectivity index (χ4v) is 3.15. The zero-order chi connectivity index (χ0) is 22.8. The Labute approximate surface area is 174 Å². The van der Waals surface area contributed by atoms with Crippen LogP contribution in [-0.2, 0) is 15.5 Å². The molecule has 10 nitrogen and oxygen atoms in total. The van der Waals surface area contributed by atoms with Crippen molar-refractivity contribution in [3.8, 4) is 5.75 Å². The number of fused-ring (bicyclic) bond motifs is 1. The molecule has 0 radical (unpaired) electrons. The van der Waals surface area contributed by atoms with Crippen molar-refractivity contribution >= 4 is 45.6 Å². The zero-order valence-corrected chi connectivity index (χ0v) is 15.8. The molecule has 0 atom stereocenters. The monoisotopic (exact) mass is 456 g/mol. The number of phenols is 1. The number of azo groups is 1. The van der Waals surface area contributed by atoms with E-state index in [1.165, 1.54) is 18.2 Å². The predicted molar refractivity (Wildman–Crippen MR) is 103 cm³/mol. The van der Waals surface area contributed by atoms with Gasteiger partial charge in [0.25, 0.3) is 5.69 Å². The Bertz CT molecular complexity index is 1190. The molecule has 0 unspecified atom stereocenters. The van der Waals surface area contributed by atoms with Gasteiger partial charge in [0.05, 0.1) is 44.2 Å². The summed E-state index contributed by atoms with van der Waals surface area (Å²) in [6.07, 6.45) is -4.94. The predicted octanol–water partition coefficient (Wildman–Crippen LogP) is 5.90. The Morgan fingerprint density at radius 2 is 1.90 bits per heavy atom. The molecule has 31 heavy (non-hydrogen) atoms. The summed E-state index contributed by atoms with van der Waals surface area (Å²) >= 11 is 0.481. The van der Waals surface area contributed by atoms with Gasteiger partial charge in [-0.2, -0.15) is 13.2 Å². The minimum absolute atomic E-state index is 0.0912. The highest BCUT2D eigenvalue weighted by Crippen LogP contribution is 2.45. The van der Waals surface area contributed by atoms with Crippen molar-refractivity contribution in [2.45, 2.75) is 11.1 Å². The summed E-state index contributed by atoms with van der Waals surface area (Å²) in [7, 11) is 0. The lowest BCUT2D eigenvalue weighted by Gasteiger charge is -2.12. The zero-order valence-electron chi connectivity index (χ0n) is 15.0. The van der Waals surface area contributed by atoms with E-state index in [2.05, 4.69) is 19.6 Å². The largest absolute Gasteiger partial charge is 0.507 e. The molecular weight excluding hydrogens is 445 g/mol. The second-order valence-corrected chi connectivity index (χ2v) is 6.64. The maximum atomic E-state index is 13.4. The van der Waals surface area contributed by atoms with Crippen LogP contribution in [0.25, 0.3) is 10.8 Å². The Morgan fingerprint density at radius 3 is 2.55 bits per heavy atom. The molecule has 162 valence electrons. The highest BCUT2D eigenvalue weighted by Gasteiger charge is 2.35. The summed E-state index contributed by atoms with van der Waals surface area (Å²) in [4.78, 5) is 10.0. The third-order valence-corrected chi connectivity index (χ3v) is 4.67. The van der Waals surface area contributed by atoms with E-state index in [0.717, 1.165) is 12.1 Å². The second-order valence-electron chi connectivity index (χ2n) is 5.89. The van der Waals surface area contributed by atoms with Crippen molar-refractivity contribution in [1.82, 2.24) is 0 Å². The highest BCUT2D eigenvalue weighted by atomic mass is 32.2. The van der Waals surface area contributed by atoms with E-state index in [0.29, 0.717) is 23.5 Å². The Morgan fingerprint density at radius 1 is 1.16 bits per heavy atom. The molecule has 3 aromatic rings. The maximum absolute atomic E-state index is 13.4. The minimum Gasteiger partial charge on any atom is -0.507 e. The van der Waals surface area contributed by atoms with Crippen LogP contribution in [0.15, 0.2) is 57.6 Å². The Balaban J connectivity index is 2.19. The summed E-state index contributed by atoms with van der Waals surface area (Å²) in [6.45, 7) is 0. The van der Waals surface area contributed by atoms with Crippen LogP contribution in [0, 0.1) is 10.1 Å². The molecule has 0 saturated heterocycles. The summed E-state index contributed by atoms with van der Waals surface area (Å²) < 4.78 is 44.5. The standard InChI is InChI=1S/C17H11F3N4O6S/c18-17(19,20)10-7-9(24(26)27)4-5-11(10)22-23-16-14-8(2-1-3-12(14)25)6-13(15(16)21)31-30-29-28/h1-7,25,28H,21H2. The van der Waals surface area contributed by atoms with Crippen LogP contribution >= 0.6 is 12.0 Å². The van der Waals surface area contributed by atoms with E-state index in [9.17, 15) is 28.4 Å². The Kier molecular flexibility index (Phi) is 6.26. The van der Waals surface area contributed by atoms with E-state index in [4.69, 9.17) is 11.0 Å². The lowest BCUT2D eigenvalue weighted by Crippen LogP contribution is -2.06. The van der Waals surface area contributed by atoms with Gasteiger partial charge in [0, 0.05) is 12.1 Å². The number of nitro groups is 1. The SMILES string of the molecule is Nc1c(SOOO)cc2cccc(O)c2c1N=Nc1ccc([N+](=O)[O-])cc1C(F)(F)F. The van der Waals surface area contributed by atoms with Gasteiger partial charge in [-0.15, -0.1) is 14.6 Å². The first-order chi connectivity index (χ1) is 14.6. The van der Waals surface area contributed by atoms with Crippen molar-refractivity contribution in [2.75, 3.05) is 5.73 Å². The third kappa shape index (κ3) is 4.66. The molecule has 0 bridgehead atoms. The van der Waals surface area contributed by atoms with Gasteiger partial charge < -0.3 is 10.8 Å². The maximum Gasteiger partial charge on any atom is 0.418 e. The number of aromatic hydroxyl groups is 1. The number of hydrogen-bond acceptors (Lipinski definition) is 10. The van der Waals surface area contributed by atoms with Crippen molar-refractivity contribution in [2.24, 2.45) is 10.2 Å². The first-order valence-corrected chi connectivity index (χ1v) is 8.84. The van der Waals surface area contributed by atoms with Crippen LogP contribution < -0.4 is 5.73 Å². The van der Waals surface area contributed by atoms with Gasteiger partial charge in [-0.1, -0.05) is 17.2 Å². The van der Waals surface area contributed by atoms with Crippen LogP contribution in [0.3, 0.4) is 0 Å².